The van der Waals surface area contributed by atoms with Crippen molar-refractivity contribution in [3.05, 3.63) is 96.5 Å². The van der Waals surface area contributed by atoms with Crippen molar-refractivity contribution < 1.29 is 14.0 Å². The summed E-state index contributed by atoms with van der Waals surface area (Å²) in [4.78, 5) is 28.7. The zero-order valence-electron chi connectivity index (χ0n) is 17.5. The molecular formula is C25H22N4O3. The maximum atomic E-state index is 12.4. The third kappa shape index (κ3) is 5.40. The number of nitrogens with zero attached hydrogens (tertiary/aromatic N) is 1. The number of nitrogens with one attached hydrogen (secondary N) is 3. The number of aromatic nitrogens is 1. The predicted octanol–water partition coefficient (Wildman–Crippen LogP) is 5.48. The van der Waals surface area contributed by atoms with E-state index in [0.29, 0.717) is 22.8 Å². The molecule has 7 heteroatoms. The molecule has 3 amide bonds. The highest BCUT2D eigenvalue weighted by atomic mass is 16.3. The first-order chi connectivity index (χ1) is 15.6. The van der Waals surface area contributed by atoms with E-state index in [2.05, 4.69) is 20.9 Å². The Morgan fingerprint density at radius 1 is 0.844 bits per heavy atom. The molecule has 0 aliphatic rings. The minimum Gasteiger partial charge on any atom is -0.444 e. The zero-order valence-corrected chi connectivity index (χ0v) is 17.5. The van der Waals surface area contributed by atoms with Crippen LogP contribution in [0, 0.1) is 6.92 Å². The lowest BCUT2D eigenvalue weighted by Gasteiger charge is -2.11. The van der Waals surface area contributed by atoms with Gasteiger partial charge in [-0.15, -0.1) is 0 Å². The van der Waals surface area contributed by atoms with Crippen LogP contribution in [0.2, 0.25) is 0 Å². The molecule has 3 N–H and O–H groups in total. The van der Waals surface area contributed by atoms with E-state index >= 15 is 0 Å². The molecule has 32 heavy (non-hydrogen) atoms. The number of hydrogen-bond acceptors (Lipinski definition) is 4. The second-order valence-electron chi connectivity index (χ2n) is 7.27. The van der Waals surface area contributed by atoms with Crippen molar-refractivity contribution >= 4 is 29.0 Å². The van der Waals surface area contributed by atoms with Crippen LogP contribution in [0.1, 0.15) is 11.1 Å². The normalized spacial score (nSPS) is 10.4. The van der Waals surface area contributed by atoms with Crippen molar-refractivity contribution in [3.8, 4) is 11.3 Å². The first-order valence-corrected chi connectivity index (χ1v) is 10.1. The summed E-state index contributed by atoms with van der Waals surface area (Å²) in [6, 6.07) is 21.7. The van der Waals surface area contributed by atoms with Crippen molar-refractivity contribution in [2.75, 3.05) is 16.0 Å². The van der Waals surface area contributed by atoms with Gasteiger partial charge >= 0.3 is 6.03 Å². The quantitative estimate of drug-likeness (QED) is 0.381. The third-order valence-electron chi connectivity index (χ3n) is 4.79. The number of benzene rings is 3. The Morgan fingerprint density at radius 2 is 1.56 bits per heavy atom. The summed E-state index contributed by atoms with van der Waals surface area (Å²) in [6.07, 6.45) is 3.31. The highest BCUT2D eigenvalue weighted by Crippen LogP contribution is 2.25. The summed E-state index contributed by atoms with van der Waals surface area (Å²) in [5.41, 5.74) is 4.61. The van der Waals surface area contributed by atoms with Crippen LogP contribution in [-0.4, -0.2) is 16.9 Å². The fraction of sp³-hybridized carbons (Fsp3) is 0.0800. The molecule has 0 atom stereocenters. The summed E-state index contributed by atoms with van der Waals surface area (Å²) >= 11 is 0. The maximum absolute atomic E-state index is 12.4. The average molecular weight is 426 g/mol. The number of amides is 3. The van der Waals surface area contributed by atoms with Gasteiger partial charge in [-0.2, -0.15) is 0 Å². The molecular weight excluding hydrogens is 404 g/mol. The van der Waals surface area contributed by atoms with Crippen LogP contribution < -0.4 is 16.0 Å². The van der Waals surface area contributed by atoms with Crippen LogP contribution in [-0.2, 0) is 11.2 Å². The Kier molecular flexibility index (Phi) is 6.27. The van der Waals surface area contributed by atoms with Crippen molar-refractivity contribution in [2.24, 2.45) is 0 Å². The molecule has 0 aliphatic carbocycles. The second kappa shape index (κ2) is 9.61. The second-order valence-corrected chi connectivity index (χ2v) is 7.27. The Morgan fingerprint density at radius 3 is 2.25 bits per heavy atom. The molecule has 0 saturated carbocycles. The van der Waals surface area contributed by atoms with Gasteiger partial charge in [-0.05, 0) is 54.4 Å². The van der Waals surface area contributed by atoms with Crippen molar-refractivity contribution in [1.29, 1.82) is 0 Å². The molecule has 4 aromatic rings. The Hall–Kier alpha value is -4.39. The van der Waals surface area contributed by atoms with E-state index in [-0.39, 0.29) is 18.4 Å². The van der Waals surface area contributed by atoms with E-state index in [1.165, 1.54) is 6.39 Å². The number of carbonyl (C=O) groups excluding carboxylic acids is 2. The highest BCUT2D eigenvalue weighted by molar-refractivity contribution is 6.00. The van der Waals surface area contributed by atoms with E-state index < -0.39 is 0 Å². The van der Waals surface area contributed by atoms with Gasteiger partial charge in [-0.3, -0.25) is 4.79 Å². The van der Waals surface area contributed by atoms with Gasteiger partial charge in [0, 0.05) is 22.6 Å². The molecule has 0 fully saturated rings. The molecule has 0 saturated heterocycles. The first-order valence-electron chi connectivity index (χ1n) is 10.1. The average Bonchev–Trinajstić information content (AvgIpc) is 3.29. The smallest absolute Gasteiger partial charge is 0.323 e. The van der Waals surface area contributed by atoms with Gasteiger partial charge in [0.1, 0.15) is 0 Å². The van der Waals surface area contributed by atoms with Gasteiger partial charge < -0.3 is 20.4 Å². The van der Waals surface area contributed by atoms with E-state index in [1.54, 1.807) is 36.5 Å². The van der Waals surface area contributed by atoms with Gasteiger partial charge in [0.25, 0.3) is 0 Å². The van der Waals surface area contributed by atoms with Gasteiger partial charge in [0.15, 0.2) is 12.2 Å². The lowest BCUT2D eigenvalue weighted by molar-refractivity contribution is -0.115. The van der Waals surface area contributed by atoms with Gasteiger partial charge in [0.05, 0.1) is 12.6 Å². The number of anilines is 3. The van der Waals surface area contributed by atoms with Crippen LogP contribution in [0.25, 0.3) is 11.3 Å². The molecule has 4 rings (SSSR count). The molecule has 0 unspecified atom stereocenters. The zero-order chi connectivity index (χ0) is 22.3. The topological polar surface area (TPSA) is 96.3 Å². The standard InChI is InChI=1S/C25H22N4O3/c1-17-12-21(10-11-22(17)23-15-26-16-32-23)29-25(31)28-20-9-5-8-19(14-20)27-24(30)13-18-6-3-2-4-7-18/h2-12,14-16H,13H2,1H3,(H,27,30)(H2,28,29,31). The minimum atomic E-state index is -0.385. The van der Waals surface area contributed by atoms with Crippen LogP contribution in [0.5, 0.6) is 0 Å². The summed E-state index contributed by atoms with van der Waals surface area (Å²) in [5.74, 6) is 0.546. The van der Waals surface area contributed by atoms with E-state index in [1.807, 2.05) is 49.4 Å². The lowest BCUT2D eigenvalue weighted by Crippen LogP contribution is -2.20. The molecule has 160 valence electrons. The van der Waals surface area contributed by atoms with E-state index in [0.717, 1.165) is 16.7 Å². The number of urea groups is 1. The maximum Gasteiger partial charge on any atom is 0.323 e. The third-order valence-corrected chi connectivity index (χ3v) is 4.79. The first kappa shape index (κ1) is 20.9. The summed E-state index contributed by atoms with van der Waals surface area (Å²) in [7, 11) is 0. The highest BCUT2D eigenvalue weighted by Gasteiger charge is 2.09. The Bertz CT molecular complexity index is 1220. The van der Waals surface area contributed by atoms with Crippen molar-refractivity contribution in [3.63, 3.8) is 0 Å². The molecule has 3 aromatic carbocycles. The predicted molar refractivity (Wildman–Crippen MR) is 125 cm³/mol. The summed E-state index contributed by atoms with van der Waals surface area (Å²) in [6.45, 7) is 1.93. The molecule has 7 nitrogen and oxygen atoms in total. The summed E-state index contributed by atoms with van der Waals surface area (Å²) in [5, 5.41) is 8.45. The number of oxazole rings is 1. The number of aryl methyl sites for hydroxylation is 1. The SMILES string of the molecule is Cc1cc(NC(=O)Nc2cccc(NC(=O)Cc3ccccc3)c2)ccc1-c1cnco1. The van der Waals surface area contributed by atoms with Crippen molar-refractivity contribution in [2.45, 2.75) is 13.3 Å². The fourth-order valence-electron chi connectivity index (χ4n) is 3.32. The van der Waals surface area contributed by atoms with Gasteiger partial charge in [-0.25, -0.2) is 9.78 Å². The monoisotopic (exact) mass is 426 g/mol. The van der Waals surface area contributed by atoms with E-state index in [9.17, 15) is 9.59 Å². The van der Waals surface area contributed by atoms with Gasteiger partial charge in [0.2, 0.25) is 5.91 Å². The van der Waals surface area contributed by atoms with E-state index in [4.69, 9.17) is 4.42 Å². The molecule has 0 radical (unpaired) electrons. The van der Waals surface area contributed by atoms with Crippen LogP contribution in [0.15, 0.2) is 89.8 Å². The molecule has 1 aromatic heterocycles. The lowest BCUT2D eigenvalue weighted by atomic mass is 10.1. The molecule has 1 heterocycles. The summed E-state index contributed by atoms with van der Waals surface area (Å²) < 4.78 is 5.33. The van der Waals surface area contributed by atoms with Crippen LogP contribution in [0.4, 0.5) is 21.9 Å². The largest absolute Gasteiger partial charge is 0.444 e. The van der Waals surface area contributed by atoms with Gasteiger partial charge in [-0.1, -0.05) is 36.4 Å². The fourth-order valence-corrected chi connectivity index (χ4v) is 3.32. The van der Waals surface area contributed by atoms with Crippen LogP contribution >= 0.6 is 0 Å². The Balaban J connectivity index is 1.35. The van der Waals surface area contributed by atoms with Crippen molar-refractivity contribution in [1.82, 2.24) is 4.98 Å². The molecule has 0 spiro atoms. The molecule has 0 aliphatic heterocycles. The van der Waals surface area contributed by atoms with Crippen LogP contribution in [0.3, 0.4) is 0 Å². The number of rotatable bonds is 6. The number of carbonyl (C=O) groups is 2. The number of hydrogen-bond donors (Lipinski definition) is 3. The Labute approximate surface area is 185 Å². The molecule has 0 bridgehead atoms. The minimum absolute atomic E-state index is 0.125.